The minimum Gasteiger partial charge on any atom is -0.462 e. The zero-order valence-electron chi connectivity index (χ0n) is 42.5. The van der Waals surface area contributed by atoms with Crippen LogP contribution < -0.4 is 0 Å². The normalized spacial score (nSPS) is 21.1. The van der Waals surface area contributed by atoms with Crippen molar-refractivity contribution in [1.82, 2.24) is 0 Å². The highest BCUT2D eigenvalue weighted by atomic mass is 31.2. The van der Waals surface area contributed by atoms with E-state index in [9.17, 15) is 44.6 Å². The van der Waals surface area contributed by atoms with Crippen molar-refractivity contribution in [3.8, 4) is 0 Å². The van der Waals surface area contributed by atoms with Crippen molar-refractivity contribution in [2.45, 2.75) is 301 Å². The number of aliphatic hydroxyl groups excluding tert-OH is 5. The zero-order chi connectivity index (χ0) is 49.2. The number of phosphoric acid groups is 1. The van der Waals surface area contributed by atoms with Crippen molar-refractivity contribution in [3.05, 3.63) is 12.2 Å². The smallest absolute Gasteiger partial charge is 0.462 e. The van der Waals surface area contributed by atoms with Crippen LogP contribution in [-0.4, -0.2) is 98.3 Å². The number of carbonyl (C=O) groups excluding carboxylic acids is 2. The zero-order valence-corrected chi connectivity index (χ0v) is 43.4. The van der Waals surface area contributed by atoms with Crippen LogP contribution in [0, 0.1) is 0 Å². The van der Waals surface area contributed by atoms with Gasteiger partial charge in [-0.3, -0.25) is 18.6 Å². The molecule has 0 amide bonds. The molecule has 14 heteroatoms. The summed E-state index contributed by atoms with van der Waals surface area (Å²) in [6.45, 7) is 3.34. The predicted molar refractivity (Wildman–Crippen MR) is 267 cm³/mol. The van der Waals surface area contributed by atoms with Crippen molar-refractivity contribution >= 4 is 19.8 Å². The number of hydrogen-bond acceptors (Lipinski definition) is 12. The number of hydrogen-bond donors (Lipinski definition) is 6. The van der Waals surface area contributed by atoms with Gasteiger partial charge in [-0.1, -0.05) is 219 Å². The van der Waals surface area contributed by atoms with Crippen molar-refractivity contribution in [1.29, 1.82) is 0 Å². The average molecular weight is 977 g/mol. The molecule has 0 spiro atoms. The second-order valence-electron chi connectivity index (χ2n) is 19.4. The quantitative estimate of drug-likeness (QED) is 0.0145. The van der Waals surface area contributed by atoms with E-state index in [0.29, 0.717) is 12.8 Å². The summed E-state index contributed by atoms with van der Waals surface area (Å²) in [6.07, 6.45) is 35.5. The maximum Gasteiger partial charge on any atom is 0.472 e. The lowest BCUT2D eigenvalue weighted by atomic mass is 9.85. The fourth-order valence-corrected chi connectivity index (χ4v) is 9.67. The summed E-state index contributed by atoms with van der Waals surface area (Å²) in [4.78, 5) is 35.9. The molecule has 1 rings (SSSR count). The molecular formula is C53H101O13P. The fourth-order valence-electron chi connectivity index (χ4n) is 8.70. The van der Waals surface area contributed by atoms with E-state index >= 15 is 0 Å². The molecule has 0 saturated heterocycles. The molecule has 13 nitrogen and oxygen atoms in total. The highest BCUT2D eigenvalue weighted by Gasteiger charge is 2.51. The molecular weight excluding hydrogens is 876 g/mol. The van der Waals surface area contributed by atoms with E-state index in [0.717, 1.165) is 57.8 Å². The topological polar surface area (TPSA) is 210 Å². The third-order valence-corrected chi connectivity index (χ3v) is 14.1. The number of aliphatic hydroxyl groups is 5. The number of allylic oxidation sites excluding steroid dienone is 2. The minimum atomic E-state index is -5.12. The molecule has 0 radical (unpaired) electrons. The second kappa shape index (κ2) is 43.4. The molecule has 0 aliphatic heterocycles. The van der Waals surface area contributed by atoms with E-state index in [4.69, 9.17) is 18.5 Å². The van der Waals surface area contributed by atoms with Crippen LogP contribution in [-0.2, 0) is 32.7 Å². The van der Waals surface area contributed by atoms with Crippen LogP contribution in [0.4, 0.5) is 0 Å². The Labute approximate surface area is 407 Å². The van der Waals surface area contributed by atoms with Gasteiger partial charge in [-0.25, -0.2) is 4.57 Å². The van der Waals surface area contributed by atoms with Crippen LogP contribution in [0.5, 0.6) is 0 Å². The van der Waals surface area contributed by atoms with E-state index < -0.39 is 75.7 Å². The first-order chi connectivity index (χ1) is 32.4. The Morgan fingerprint density at radius 1 is 0.448 bits per heavy atom. The van der Waals surface area contributed by atoms with Gasteiger partial charge in [0.05, 0.1) is 6.61 Å². The molecule has 0 aromatic carbocycles. The van der Waals surface area contributed by atoms with Gasteiger partial charge in [0.1, 0.15) is 43.2 Å². The Kier molecular flexibility index (Phi) is 41.2. The van der Waals surface area contributed by atoms with E-state index in [-0.39, 0.29) is 12.8 Å². The van der Waals surface area contributed by atoms with Gasteiger partial charge in [0.2, 0.25) is 0 Å². The Morgan fingerprint density at radius 3 is 1.13 bits per heavy atom. The summed E-state index contributed by atoms with van der Waals surface area (Å²) in [5.74, 6) is -1.09. The van der Waals surface area contributed by atoms with Crippen molar-refractivity contribution in [2.24, 2.45) is 0 Å². The Morgan fingerprint density at radius 2 is 0.761 bits per heavy atom. The van der Waals surface area contributed by atoms with Crippen LogP contribution in [0.15, 0.2) is 12.2 Å². The molecule has 67 heavy (non-hydrogen) atoms. The molecule has 1 aliphatic rings. The van der Waals surface area contributed by atoms with Crippen LogP contribution >= 0.6 is 7.82 Å². The predicted octanol–water partition coefficient (Wildman–Crippen LogP) is 12.2. The van der Waals surface area contributed by atoms with Gasteiger partial charge < -0.3 is 39.9 Å². The van der Waals surface area contributed by atoms with Gasteiger partial charge in [0.15, 0.2) is 6.10 Å². The Bertz CT molecular complexity index is 1220. The highest BCUT2D eigenvalue weighted by Crippen LogP contribution is 2.47. The summed E-state index contributed by atoms with van der Waals surface area (Å²) in [5.41, 5.74) is 0. The number of rotatable bonds is 47. The summed E-state index contributed by atoms with van der Waals surface area (Å²) in [7, 11) is -5.12. The lowest BCUT2D eigenvalue weighted by molar-refractivity contribution is -0.220. The van der Waals surface area contributed by atoms with Gasteiger partial charge >= 0.3 is 19.8 Å². The first-order valence-electron chi connectivity index (χ1n) is 27.5. The van der Waals surface area contributed by atoms with Crippen molar-refractivity contribution in [3.63, 3.8) is 0 Å². The summed E-state index contributed by atoms with van der Waals surface area (Å²) in [5, 5.41) is 50.3. The first kappa shape index (κ1) is 63.6. The van der Waals surface area contributed by atoms with Crippen molar-refractivity contribution in [2.75, 3.05) is 13.2 Å². The molecule has 0 heterocycles. The molecule has 6 N–H and O–H groups in total. The lowest BCUT2D eigenvalue weighted by Crippen LogP contribution is -2.64. The molecule has 1 aliphatic carbocycles. The van der Waals surface area contributed by atoms with Gasteiger partial charge in [0, 0.05) is 12.8 Å². The van der Waals surface area contributed by atoms with Crippen LogP contribution in [0.25, 0.3) is 0 Å². The first-order valence-corrected chi connectivity index (χ1v) is 29.0. The minimum absolute atomic E-state index is 0.0912. The Hall–Kier alpha value is -1.41. The molecule has 0 bridgehead atoms. The maximum absolute atomic E-state index is 12.9. The highest BCUT2D eigenvalue weighted by molar-refractivity contribution is 7.47. The number of phosphoric ester groups is 1. The molecule has 6 unspecified atom stereocenters. The summed E-state index contributed by atoms with van der Waals surface area (Å²) >= 11 is 0. The third kappa shape index (κ3) is 35.4. The van der Waals surface area contributed by atoms with Gasteiger partial charge in [-0.15, -0.1) is 0 Å². The van der Waals surface area contributed by atoms with Gasteiger partial charge in [-0.2, -0.15) is 0 Å². The maximum atomic E-state index is 12.9. The summed E-state index contributed by atoms with van der Waals surface area (Å²) in [6, 6.07) is 0. The third-order valence-electron chi connectivity index (χ3n) is 13.1. The van der Waals surface area contributed by atoms with E-state index in [2.05, 4.69) is 26.0 Å². The van der Waals surface area contributed by atoms with Crippen LogP contribution in [0.2, 0.25) is 0 Å². The molecule has 1 fully saturated rings. The fraction of sp³-hybridized carbons (Fsp3) is 0.925. The van der Waals surface area contributed by atoms with Gasteiger partial charge in [-0.05, 0) is 38.5 Å². The molecule has 8 atom stereocenters. The second-order valence-corrected chi connectivity index (χ2v) is 20.9. The van der Waals surface area contributed by atoms with Crippen LogP contribution in [0.1, 0.15) is 258 Å². The SMILES string of the molecule is CCCCCCCC/C=C/CCCCCCCC(=O)O[C@@H](COC(=O)CCCCCCCCCCCCCCCCCCCCCCCCC)COP(=O)(O)OC1C(O)C(O)C(O)[C@H](O)C1O. The molecule has 0 aromatic rings. The van der Waals surface area contributed by atoms with Crippen LogP contribution in [0.3, 0.4) is 0 Å². The largest absolute Gasteiger partial charge is 0.472 e. The Balaban J connectivity index is 2.32. The number of carbonyl (C=O) groups is 2. The number of unbranched alkanes of at least 4 members (excludes halogenated alkanes) is 33. The molecule has 1 saturated carbocycles. The summed E-state index contributed by atoms with van der Waals surface area (Å²) < 4.78 is 33.7. The standard InChI is InChI=1S/C53H101O13P/c1-3-5-7-9-11-13-15-17-19-20-21-22-23-24-25-26-28-29-31-33-35-37-39-41-46(54)63-43-45(44-64-67(61,62)66-53-51(59)49(57)48(56)50(58)52(53)60)65-47(55)42-40-38-36-34-32-30-27-18-16-14-12-10-8-6-4-2/h18,27,45,48-53,56-60H,3-17,19-26,28-44H2,1-2H3,(H,61,62)/b27-18+/t45-,48?,49-,50?,51?,52?,53?/m0/s1. The number of esters is 2. The van der Waals surface area contributed by atoms with E-state index in [1.165, 1.54) is 161 Å². The van der Waals surface area contributed by atoms with Gasteiger partial charge in [0.25, 0.3) is 0 Å². The van der Waals surface area contributed by atoms with E-state index in [1.807, 2.05) is 0 Å². The molecule has 0 aromatic heterocycles. The number of ether oxygens (including phenoxy) is 2. The average Bonchev–Trinajstić information content (AvgIpc) is 3.31. The van der Waals surface area contributed by atoms with Crippen molar-refractivity contribution < 1.29 is 63.1 Å². The molecule has 396 valence electrons. The monoisotopic (exact) mass is 977 g/mol. The lowest BCUT2D eigenvalue weighted by Gasteiger charge is -2.41. The van der Waals surface area contributed by atoms with E-state index in [1.54, 1.807) is 0 Å².